The van der Waals surface area contributed by atoms with Gasteiger partial charge >= 0.3 is 12.1 Å². The normalized spacial score (nSPS) is 17.9. The third-order valence-electron chi connectivity index (χ3n) is 10.1. The molecule has 1 saturated heterocycles. The van der Waals surface area contributed by atoms with Crippen LogP contribution in [0.1, 0.15) is 100 Å². The lowest BCUT2D eigenvalue weighted by molar-refractivity contribution is -0.143. The van der Waals surface area contributed by atoms with Crippen LogP contribution in [0, 0.1) is 23.7 Å². The van der Waals surface area contributed by atoms with Gasteiger partial charge in [0.15, 0.2) is 11.9 Å². The number of carbonyl (C=O) groups excluding carboxylic acids is 4. The number of nitrogens with one attached hydrogen (secondary N) is 1. The molecule has 2 N–H and O–H groups in total. The molecule has 288 valence electrons. The van der Waals surface area contributed by atoms with Crippen molar-refractivity contribution in [1.82, 2.24) is 25.0 Å². The standard InChI is InChI=1S/C39H59N5O7S/c1-24(2)29(21-33(45)31-17-13-14-18-43(31)8)37(47)44(9)32(25(3)4)22-34(51-39(50)42(6)7)36-41-30(23-52-36)35(46)40-28(19-26(5)38(48)49)20-27-15-11-10-12-16-27/h10-12,15-16,23-26,28-29,31-32,34H,13-14,17-22H2,1-9H3,(H,40,46)(H,48,49)/t26-,28+,29-,31+,32+,34+/m0/s1. The maximum Gasteiger partial charge on any atom is 0.409 e. The van der Waals surface area contributed by atoms with Crippen LogP contribution in [0.3, 0.4) is 0 Å². The number of Topliss-reactive ketones (excluding diaryl/α,β-unsaturated/α-hetero) is 1. The minimum Gasteiger partial charge on any atom is -0.481 e. The van der Waals surface area contributed by atoms with Crippen molar-refractivity contribution in [3.8, 4) is 0 Å². The van der Waals surface area contributed by atoms with E-state index >= 15 is 0 Å². The van der Waals surface area contributed by atoms with Gasteiger partial charge in [0.05, 0.1) is 12.0 Å². The van der Waals surface area contributed by atoms with Gasteiger partial charge in [-0.3, -0.25) is 24.1 Å². The van der Waals surface area contributed by atoms with Crippen LogP contribution in [-0.4, -0.2) is 107 Å². The van der Waals surface area contributed by atoms with E-state index in [1.807, 2.05) is 65.1 Å². The Hall–Kier alpha value is -3.84. The summed E-state index contributed by atoms with van der Waals surface area (Å²) in [5.41, 5.74) is 1.09. The Balaban J connectivity index is 1.84. The van der Waals surface area contributed by atoms with Crippen LogP contribution in [0.25, 0.3) is 0 Å². The van der Waals surface area contributed by atoms with Gasteiger partial charge in [0, 0.05) is 57.4 Å². The van der Waals surface area contributed by atoms with Crippen LogP contribution in [0.5, 0.6) is 0 Å². The molecule has 13 heteroatoms. The van der Waals surface area contributed by atoms with Gasteiger partial charge in [0.1, 0.15) is 10.7 Å². The largest absolute Gasteiger partial charge is 0.481 e. The smallest absolute Gasteiger partial charge is 0.409 e. The van der Waals surface area contributed by atoms with Crippen molar-refractivity contribution in [2.45, 2.75) is 104 Å². The molecule has 0 saturated carbocycles. The van der Waals surface area contributed by atoms with Crippen molar-refractivity contribution in [1.29, 1.82) is 0 Å². The van der Waals surface area contributed by atoms with Gasteiger partial charge in [0.25, 0.3) is 5.91 Å². The summed E-state index contributed by atoms with van der Waals surface area (Å²) in [6.45, 7) is 10.4. The molecule has 12 nitrogen and oxygen atoms in total. The SMILES string of the molecule is CC(C)[C@H](CC(=O)[C@H]1CCCCN1C)C(=O)N(C)[C@H](C[C@@H](OC(=O)N(C)C)c1nc(C(=O)N[C@@H](Cc2ccccc2)C[C@H](C)C(=O)O)cs1)C(C)C. The number of benzene rings is 1. The maximum absolute atomic E-state index is 14.2. The third kappa shape index (κ3) is 12.1. The van der Waals surface area contributed by atoms with E-state index < -0.39 is 42.0 Å². The Kier molecular flexibility index (Phi) is 16.2. The van der Waals surface area contributed by atoms with Crippen LogP contribution >= 0.6 is 11.3 Å². The minimum absolute atomic E-state index is 0.0415. The molecule has 1 fully saturated rings. The van der Waals surface area contributed by atoms with E-state index in [1.165, 1.54) is 16.2 Å². The van der Waals surface area contributed by atoms with E-state index in [4.69, 9.17) is 4.74 Å². The van der Waals surface area contributed by atoms with Crippen molar-refractivity contribution in [2.75, 3.05) is 34.7 Å². The second kappa shape index (κ2) is 19.8. The van der Waals surface area contributed by atoms with Crippen LogP contribution in [0.4, 0.5) is 4.79 Å². The first-order valence-electron chi connectivity index (χ1n) is 18.4. The number of likely N-dealkylation sites (N-methyl/N-ethyl adjacent to an activating group) is 1. The van der Waals surface area contributed by atoms with E-state index in [-0.39, 0.29) is 60.6 Å². The van der Waals surface area contributed by atoms with E-state index in [0.29, 0.717) is 11.4 Å². The fraction of sp³-hybridized carbons (Fsp3) is 0.641. The van der Waals surface area contributed by atoms with Gasteiger partial charge in [0.2, 0.25) is 5.91 Å². The highest BCUT2D eigenvalue weighted by molar-refractivity contribution is 7.09. The van der Waals surface area contributed by atoms with Crippen LogP contribution in [-0.2, 0) is 25.5 Å². The molecule has 1 aliphatic rings. The number of aromatic nitrogens is 1. The van der Waals surface area contributed by atoms with Crippen molar-refractivity contribution in [3.63, 3.8) is 0 Å². The van der Waals surface area contributed by atoms with E-state index in [2.05, 4.69) is 15.2 Å². The minimum atomic E-state index is -0.944. The summed E-state index contributed by atoms with van der Waals surface area (Å²) < 4.78 is 5.94. The molecule has 2 heterocycles. The molecule has 1 aromatic heterocycles. The number of rotatable bonds is 18. The molecule has 0 aliphatic carbocycles. The number of carboxylic acids is 1. The Bertz CT molecular complexity index is 1500. The summed E-state index contributed by atoms with van der Waals surface area (Å²) in [7, 11) is 6.88. The fourth-order valence-electron chi connectivity index (χ4n) is 6.81. The van der Waals surface area contributed by atoms with Crippen molar-refractivity contribution < 1.29 is 33.8 Å². The first kappa shape index (κ1) is 42.6. The van der Waals surface area contributed by atoms with Crippen molar-refractivity contribution in [3.05, 3.63) is 52.0 Å². The van der Waals surface area contributed by atoms with Crippen molar-refractivity contribution >= 4 is 41.0 Å². The Morgan fingerprint density at radius 3 is 2.25 bits per heavy atom. The molecule has 0 unspecified atom stereocenters. The zero-order valence-electron chi connectivity index (χ0n) is 32.3. The predicted molar refractivity (Wildman–Crippen MR) is 202 cm³/mol. The quantitative estimate of drug-likeness (QED) is 0.190. The first-order valence-corrected chi connectivity index (χ1v) is 19.3. The van der Waals surface area contributed by atoms with Gasteiger partial charge in [-0.1, -0.05) is 71.4 Å². The second-order valence-corrected chi connectivity index (χ2v) is 16.1. The molecule has 52 heavy (non-hydrogen) atoms. The Morgan fingerprint density at radius 1 is 1.00 bits per heavy atom. The lowest BCUT2D eigenvalue weighted by atomic mass is 9.84. The monoisotopic (exact) mass is 741 g/mol. The number of likely N-dealkylation sites (tertiary alicyclic amines) is 1. The Labute approximate surface area is 313 Å². The zero-order chi connectivity index (χ0) is 38.7. The molecule has 3 rings (SSSR count). The lowest BCUT2D eigenvalue weighted by Gasteiger charge is -2.37. The zero-order valence-corrected chi connectivity index (χ0v) is 33.2. The summed E-state index contributed by atoms with van der Waals surface area (Å²) in [5, 5.41) is 14.5. The van der Waals surface area contributed by atoms with Crippen LogP contribution < -0.4 is 5.32 Å². The summed E-state index contributed by atoms with van der Waals surface area (Å²) in [4.78, 5) is 75.5. The van der Waals surface area contributed by atoms with Gasteiger partial charge in [-0.25, -0.2) is 9.78 Å². The maximum atomic E-state index is 14.2. The number of hydrogen-bond acceptors (Lipinski definition) is 9. The van der Waals surface area contributed by atoms with Gasteiger partial charge in [-0.2, -0.15) is 0 Å². The highest BCUT2D eigenvalue weighted by atomic mass is 32.1. The number of ether oxygens (including phenoxy) is 1. The topological polar surface area (TPSA) is 149 Å². The lowest BCUT2D eigenvalue weighted by Crippen LogP contribution is -2.48. The van der Waals surface area contributed by atoms with Crippen LogP contribution in [0.15, 0.2) is 35.7 Å². The summed E-state index contributed by atoms with van der Waals surface area (Å²) in [6.07, 6.45) is 2.49. The number of ketones is 1. The average Bonchev–Trinajstić information content (AvgIpc) is 3.59. The van der Waals surface area contributed by atoms with E-state index in [0.717, 1.165) is 31.4 Å². The van der Waals surface area contributed by atoms with Crippen molar-refractivity contribution in [2.24, 2.45) is 23.7 Å². The van der Waals surface area contributed by atoms with Gasteiger partial charge in [-0.05, 0) is 56.7 Å². The number of aliphatic carboxylic acids is 1. The number of nitrogens with zero attached hydrogens (tertiary/aromatic N) is 4. The second-order valence-electron chi connectivity index (χ2n) is 15.2. The molecule has 0 spiro atoms. The van der Waals surface area contributed by atoms with Gasteiger partial charge in [-0.15, -0.1) is 11.3 Å². The molecule has 0 radical (unpaired) electrons. The number of piperidine rings is 1. The highest BCUT2D eigenvalue weighted by Gasteiger charge is 2.37. The number of thiazole rings is 1. The molecular weight excluding hydrogens is 683 g/mol. The number of amides is 3. The molecule has 0 bridgehead atoms. The first-order chi connectivity index (χ1) is 24.5. The average molecular weight is 742 g/mol. The Morgan fingerprint density at radius 2 is 1.67 bits per heavy atom. The number of hydrogen-bond donors (Lipinski definition) is 2. The summed E-state index contributed by atoms with van der Waals surface area (Å²) >= 11 is 1.18. The molecule has 2 aromatic rings. The highest BCUT2D eigenvalue weighted by Crippen LogP contribution is 2.32. The molecular formula is C39H59N5O7S. The van der Waals surface area contributed by atoms with E-state index in [1.54, 1.807) is 38.3 Å². The van der Waals surface area contributed by atoms with Gasteiger partial charge < -0.3 is 25.0 Å². The molecule has 3 amide bonds. The number of carboxylic acid groups (broad SMARTS) is 1. The molecule has 6 atom stereocenters. The predicted octanol–water partition coefficient (Wildman–Crippen LogP) is 5.92. The van der Waals surface area contributed by atoms with E-state index in [9.17, 15) is 29.1 Å². The molecule has 1 aromatic carbocycles. The summed E-state index contributed by atoms with van der Waals surface area (Å²) in [5.74, 6) is -2.72. The summed E-state index contributed by atoms with van der Waals surface area (Å²) in [6, 6.07) is 8.53. The third-order valence-corrected chi connectivity index (χ3v) is 11.1. The van der Waals surface area contributed by atoms with Crippen LogP contribution in [0.2, 0.25) is 0 Å². The molecule has 1 aliphatic heterocycles. The number of carbonyl (C=O) groups is 5. The fourth-order valence-corrected chi connectivity index (χ4v) is 7.65.